The summed E-state index contributed by atoms with van der Waals surface area (Å²) in [5, 5.41) is 35.1. The van der Waals surface area contributed by atoms with Crippen LogP contribution in [0, 0.1) is 58.2 Å². The lowest BCUT2D eigenvalue weighted by molar-refractivity contribution is -0.249. The third-order valence-corrected chi connectivity index (χ3v) is 14.2. The van der Waals surface area contributed by atoms with Gasteiger partial charge in [0, 0.05) is 13.0 Å². The molecule has 1 heterocycles. The number of phosphoric ester groups is 1. The molecule has 5 aliphatic rings. The van der Waals surface area contributed by atoms with Crippen LogP contribution in [-0.4, -0.2) is 78.1 Å². The molecule has 14 heteroatoms. The van der Waals surface area contributed by atoms with Gasteiger partial charge in [0.25, 0.3) is 7.82 Å². The predicted octanol–water partition coefficient (Wildman–Crippen LogP) is 2.21. The van der Waals surface area contributed by atoms with Crippen LogP contribution in [0.4, 0.5) is 0 Å². The van der Waals surface area contributed by atoms with Crippen molar-refractivity contribution in [2.24, 2.45) is 58.2 Å². The molecule has 43 heavy (non-hydrogen) atoms. The minimum Gasteiger partial charge on any atom is -0.756 e. The summed E-state index contributed by atoms with van der Waals surface area (Å²) in [6.07, 6.45) is -1.94. The van der Waals surface area contributed by atoms with Crippen LogP contribution in [0.2, 0.25) is 0 Å². The van der Waals surface area contributed by atoms with Gasteiger partial charge in [-0.2, -0.15) is 0 Å². The molecule has 0 aromatic heterocycles. The van der Waals surface area contributed by atoms with Gasteiger partial charge in [0.15, 0.2) is 0 Å². The van der Waals surface area contributed by atoms with Crippen molar-refractivity contribution in [2.75, 3.05) is 13.7 Å². The molecule has 5 rings (SSSR count). The first kappa shape index (κ1) is 34.2. The summed E-state index contributed by atoms with van der Waals surface area (Å²) >= 11 is 0. The highest BCUT2D eigenvalue weighted by molar-refractivity contribution is 7.80. The van der Waals surface area contributed by atoms with Gasteiger partial charge >= 0.3 is 0 Å². The average Bonchev–Trinajstić information content (AvgIpc) is 3.33. The minimum absolute atomic E-state index is 0.0676. The molecule has 0 spiro atoms. The summed E-state index contributed by atoms with van der Waals surface area (Å²) in [4.78, 5) is 12.9. The van der Waals surface area contributed by atoms with Gasteiger partial charge in [0.1, 0.15) is 0 Å². The van der Waals surface area contributed by atoms with E-state index in [2.05, 4.69) is 38.8 Å². The van der Waals surface area contributed by atoms with Crippen molar-refractivity contribution in [1.82, 2.24) is 0 Å². The molecule has 4 aliphatic carbocycles. The Kier molecular flexibility index (Phi) is 8.91. The van der Waals surface area contributed by atoms with Crippen LogP contribution in [0.3, 0.4) is 0 Å². The zero-order chi connectivity index (χ0) is 32.1. The Morgan fingerprint density at radius 2 is 1.72 bits per heavy atom. The van der Waals surface area contributed by atoms with Gasteiger partial charge in [-0.3, -0.25) is 8.75 Å². The van der Waals surface area contributed by atoms with Crippen molar-refractivity contribution >= 4 is 18.2 Å². The molecule has 1 unspecified atom stereocenters. The van der Waals surface area contributed by atoms with Crippen molar-refractivity contribution in [3.63, 3.8) is 0 Å². The van der Waals surface area contributed by atoms with E-state index in [1.807, 2.05) is 6.92 Å². The van der Waals surface area contributed by atoms with Crippen LogP contribution < -0.4 is 4.89 Å². The molecule has 5 fully saturated rings. The molecule has 0 radical (unpaired) electrons. The lowest BCUT2D eigenvalue weighted by atomic mass is 9.45. The third-order valence-electron chi connectivity index (χ3n) is 12.9. The second-order valence-corrected chi connectivity index (χ2v) is 17.7. The molecule has 1 aliphatic heterocycles. The Labute approximate surface area is 255 Å². The Hall–Kier alpha value is -0.180. The fraction of sp³-hybridized carbons (Fsp3) is 1.00. The predicted molar refractivity (Wildman–Crippen MR) is 151 cm³/mol. The summed E-state index contributed by atoms with van der Waals surface area (Å²) in [6, 6.07) is 0. The van der Waals surface area contributed by atoms with Crippen molar-refractivity contribution in [1.29, 1.82) is 0 Å². The van der Waals surface area contributed by atoms with Gasteiger partial charge in [-0.05, 0) is 84.4 Å². The molecule has 3 N–H and O–H groups in total. The number of fused-ring (bicyclic) bond motifs is 7. The number of phosphoric acid groups is 1. The normalized spacial score (nSPS) is 51.7. The van der Waals surface area contributed by atoms with E-state index in [1.165, 1.54) is 0 Å². The van der Waals surface area contributed by atoms with E-state index in [4.69, 9.17) is 13.8 Å². The van der Waals surface area contributed by atoms with Gasteiger partial charge in [-0.15, -0.1) is 0 Å². The number of hydrogen-bond acceptors (Lipinski definition) is 12. The topological polar surface area (TPSA) is 195 Å². The number of ether oxygens (including phenoxy) is 1. The maximum Gasteiger partial charge on any atom is 0.267 e. The molecule has 0 bridgehead atoms. The average molecular weight is 653 g/mol. The Balaban J connectivity index is 1.56. The smallest absolute Gasteiger partial charge is 0.267 e. The molecular weight excluding hydrogens is 603 g/mol. The highest BCUT2D eigenvalue weighted by atomic mass is 32.3. The lowest BCUT2D eigenvalue weighted by Crippen LogP contribution is -2.66. The standard InChI is InChI=1S/C29H51O12PS/c1-14(2)16(4)18-12-15(3)20-24(40-18)25(41-42(33,34)38-7)21-19-17(8-9-28(20,21)6)27(5)10-11-29(32,13-39-43(35,36)37)26(27)23(31)22(19)30/h14-26,30-32H,8-13H2,1-7H3,(H,33,34)(H,35,36,37)/p-2/t15-,16+,17+,18-,19-,20+,21-,22-,23-,24+,25+,26-,27-,28-,29-/m1/s1. The molecule has 250 valence electrons. The molecule has 0 aromatic carbocycles. The number of aliphatic hydroxyl groups excluding tert-OH is 2. The number of aliphatic hydroxyl groups is 3. The third kappa shape index (κ3) is 5.50. The largest absolute Gasteiger partial charge is 0.756 e. The van der Waals surface area contributed by atoms with E-state index in [0.717, 1.165) is 13.5 Å². The van der Waals surface area contributed by atoms with Crippen molar-refractivity contribution in [2.45, 2.75) is 110 Å². The summed E-state index contributed by atoms with van der Waals surface area (Å²) in [6.45, 7) is 11.8. The van der Waals surface area contributed by atoms with Crippen LogP contribution in [0.5, 0.6) is 0 Å². The van der Waals surface area contributed by atoms with Crippen LogP contribution in [0.15, 0.2) is 0 Å². The van der Waals surface area contributed by atoms with E-state index in [9.17, 15) is 37.7 Å². The first-order valence-corrected chi connectivity index (χ1v) is 18.4. The van der Waals surface area contributed by atoms with Crippen molar-refractivity contribution < 1.29 is 55.7 Å². The highest BCUT2D eigenvalue weighted by Crippen LogP contribution is 2.72. The van der Waals surface area contributed by atoms with Crippen molar-refractivity contribution in [3.05, 3.63) is 0 Å². The molecule has 4 saturated carbocycles. The van der Waals surface area contributed by atoms with Crippen LogP contribution in [-0.2, 0) is 32.9 Å². The zero-order valence-electron chi connectivity index (χ0n) is 26.1. The van der Waals surface area contributed by atoms with E-state index < -0.39 is 83.4 Å². The van der Waals surface area contributed by atoms with Gasteiger partial charge in [-0.25, -0.2) is 8.42 Å². The Bertz CT molecular complexity index is 1220. The number of hydrogen-bond donors (Lipinski definition) is 3. The monoisotopic (exact) mass is 652 g/mol. The van der Waals surface area contributed by atoms with Gasteiger partial charge < -0.3 is 38.6 Å². The first-order valence-electron chi connectivity index (χ1n) is 15.6. The maximum absolute atomic E-state index is 12.9. The van der Waals surface area contributed by atoms with Gasteiger partial charge in [0.05, 0.1) is 42.7 Å². The van der Waals surface area contributed by atoms with Crippen LogP contribution in [0.25, 0.3) is 0 Å². The van der Waals surface area contributed by atoms with E-state index >= 15 is 0 Å². The second kappa shape index (κ2) is 11.2. The molecular formula is C29H49O12PS-2. The van der Waals surface area contributed by atoms with E-state index in [-0.39, 0.29) is 36.2 Å². The molecule has 1 saturated heterocycles. The molecule has 0 aromatic rings. The van der Waals surface area contributed by atoms with Gasteiger partial charge in [0.2, 0.25) is 10.4 Å². The minimum atomic E-state index is -5.10. The van der Waals surface area contributed by atoms with E-state index in [0.29, 0.717) is 25.2 Å². The molecule has 16 atom stereocenters. The second-order valence-electron chi connectivity index (χ2n) is 15.2. The first-order chi connectivity index (χ1) is 19.7. The zero-order valence-corrected chi connectivity index (χ0v) is 27.8. The van der Waals surface area contributed by atoms with Crippen molar-refractivity contribution in [3.8, 4) is 0 Å². The van der Waals surface area contributed by atoms with Gasteiger partial charge in [-0.1, -0.05) is 41.5 Å². The molecule has 12 nitrogen and oxygen atoms in total. The fourth-order valence-corrected chi connectivity index (χ4v) is 11.8. The fourth-order valence-electron chi connectivity index (χ4n) is 10.8. The Morgan fingerprint density at radius 3 is 2.30 bits per heavy atom. The summed E-state index contributed by atoms with van der Waals surface area (Å²) in [5.41, 5.74) is -3.11. The summed E-state index contributed by atoms with van der Waals surface area (Å²) in [7, 11) is -8.79. The summed E-state index contributed by atoms with van der Waals surface area (Å²) in [5.74, 6) is -1.71. The summed E-state index contributed by atoms with van der Waals surface area (Å²) < 4.78 is 68.5. The Morgan fingerprint density at radius 1 is 1.07 bits per heavy atom. The SMILES string of the molecule is COP(=O)([O-])O[C@@H]1[C@H]2O[C@@H]([C@@H](C)C(C)C)C[C@@H](C)[C@@H]2[C@@]2(C)CC[C@H]3[C@@H]([C@@H](O)[C@@H](O)[C@H]4[C@](O)(COS(=O)(=O)[O-])CC[C@]34C)[C@H]12. The quantitative estimate of drug-likeness (QED) is 0.197. The highest BCUT2D eigenvalue weighted by Gasteiger charge is 2.74. The van der Waals surface area contributed by atoms with Crippen LogP contribution in [0.1, 0.15) is 73.6 Å². The van der Waals surface area contributed by atoms with E-state index in [1.54, 1.807) is 0 Å². The lowest BCUT2D eigenvalue weighted by Gasteiger charge is -2.62. The number of rotatable bonds is 8. The maximum atomic E-state index is 12.9. The molecule has 0 amide bonds. The van der Waals surface area contributed by atoms with Crippen LogP contribution >= 0.6 is 7.82 Å².